The summed E-state index contributed by atoms with van der Waals surface area (Å²) in [5.41, 5.74) is 2.39. The first-order chi connectivity index (χ1) is 10.6. The van der Waals surface area contributed by atoms with Crippen LogP contribution in [0.4, 0.5) is 0 Å². The lowest BCUT2D eigenvalue weighted by Gasteiger charge is -2.40. The molecule has 1 unspecified atom stereocenters. The van der Waals surface area contributed by atoms with Crippen LogP contribution in [-0.2, 0) is 16.8 Å². The highest BCUT2D eigenvalue weighted by Crippen LogP contribution is 2.33. The van der Waals surface area contributed by atoms with Crippen LogP contribution in [0.2, 0.25) is 0 Å². The van der Waals surface area contributed by atoms with E-state index in [1.807, 2.05) is 34.8 Å². The lowest BCUT2D eigenvalue weighted by molar-refractivity contribution is -0.135. The Morgan fingerprint density at radius 2 is 1.95 bits per heavy atom. The Bertz CT molecular complexity index is 649. The second-order valence-corrected chi connectivity index (χ2v) is 6.46. The fourth-order valence-electron chi connectivity index (χ4n) is 3.22. The third kappa shape index (κ3) is 3.06. The van der Waals surface area contributed by atoms with E-state index < -0.39 is 0 Å². The van der Waals surface area contributed by atoms with E-state index in [2.05, 4.69) is 36.3 Å². The van der Waals surface area contributed by atoms with Gasteiger partial charge in [0.25, 0.3) is 0 Å². The van der Waals surface area contributed by atoms with Crippen molar-refractivity contribution in [3.63, 3.8) is 0 Å². The zero-order valence-corrected chi connectivity index (χ0v) is 13.3. The maximum atomic E-state index is 12.2. The number of aromatic nitrogens is 2. The number of benzene rings is 1. The average Bonchev–Trinajstić information content (AvgIpc) is 2.95. The molecule has 22 heavy (non-hydrogen) atoms. The van der Waals surface area contributed by atoms with Gasteiger partial charge in [0.2, 0.25) is 5.91 Å². The number of amides is 1. The van der Waals surface area contributed by atoms with Crippen LogP contribution in [0.15, 0.2) is 42.6 Å². The smallest absolute Gasteiger partial charge is 0.222 e. The molecule has 0 bridgehead atoms. The molecule has 1 aliphatic rings. The average molecular weight is 297 g/mol. The lowest BCUT2D eigenvalue weighted by Crippen LogP contribution is -2.48. The van der Waals surface area contributed by atoms with Crippen molar-refractivity contribution in [1.82, 2.24) is 14.7 Å². The molecular weight excluding hydrogens is 274 g/mol. The van der Waals surface area contributed by atoms with Gasteiger partial charge in [0.15, 0.2) is 0 Å². The van der Waals surface area contributed by atoms with Crippen LogP contribution in [0.25, 0.3) is 0 Å². The lowest BCUT2D eigenvalue weighted by atomic mass is 9.76. The van der Waals surface area contributed by atoms with E-state index in [0.29, 0.717) is 6.42 Å². The number of likely N-dealkylation sites (tertiary alicyclic amines) is 1. The molecule has 0 radical (unpaired) electrons. The highest BCUT2D eigenvalue weighted by Gasteiger charge is 2.35. The van der Waals surface area contributed by atoms with Gasteiger partial charge in [0.1, 0.15) is 0 Å². The van der Waals surface area contributed by atoms with Crippen LogP contribution in [-0.4, -0.2) is 33.7 Å². The molecule has 1 aliphatic heterocycles. The molecule has 4 nitrogen and oxygen atoms in total. The first-order valence-corrected chi connectivity index (χ1v) is 7.90. The second kappa shape index (κ2) is 5.95. The number of carbonyl (C=O) groups excluding carboxylic acids is 1. The van der Waals surface area contributed by atoms with Crippen molar-refractivity contribution in [2.75, 3.05) is 13.1 Å². The fourth-order valence-corrected chi connectivity index (χ4v) is 3.22. The van der Waals surface area contributed by atoms with Crippen LogP contribution in [0.5, 0.6) is 0 Å². The zero-order valence-electron chi connectivity index (χ0n) is 13.3. The summed E-state index contributed by atoms with van der Waals surface area (Å²) in [6.45, 7) is 6.51. The molecule has 0 spiro atoms. The summed E-state index contributed by atoms with van der Waals surface area (Å²) in [5, 5.41) is 4.39. The first kappa shape index (κ1) is 14.8. The molecule has 2 aromatic rings. The molecule has 1 amide bonds. The Labute approximate surface area is 131 Å². The third-order valence-electron chi connectivity index (χ3n) is 4.63. The molecule has 3 rings (SSSR count). The molecule has 1 aromatic carbocycles. The van der Waals surface area contributed by atoms with E-state index in [4.69, 9.17) is 0 Å². The molecule has 2 heterocycles. The summed E-state index contributed by atoms with van der Waals surface area (Å²) >= 11 is 0. The monoisotopic (exact) mass is 297 g/mol. The quantitative estimate of drug-likeness (QED) is 0.870. The van der Waals surface area contributed by atoms with E-state index in [-0.39, 0.29) is 11.3 Å². The zero-order chi connectivity index (χ0) is 15.6. The largest absolute Gasteiger partial charge is 0.340 e. The van der Waals surface area contributed by atoms with Crippen LogP contribution in [0.3, 0.4) is 0 Å². The highest BCUT2D eigenvalue weighted by atomic mass is 16.2. The normalized spacial score (nSPS) is 22.1. The number of piperidine rings is 1. The number of rotatable bonds is 4. The van der Waals surface area contributed by atoms with Crippen molar-refractivity contribution in [3.8, 4) is 0 Å². The summed E-state index contributed by atoms with van der Waals surface area (Å²) in [6.07, 6.45) is 3.52. The van der Waals surface area contributed by atoms with Gasteiger partial charge in [-0.25, -0.2) is 0 Å². The van der Waals surface area contributed by atoms with Gasteiger partial charge in [-0.05, 0) is 25.0 Å². The van der Waals surface area contributed by atoms with Crippen LogP contribution >= 0.6 is 0 Å². The van der Waals surface area contributed by atoms with Crippen LogP contribution < -0.4 is 0 Å². The van der Waals surface area contributed by atoms with Crippen LogP contribution in [0.1, 0.15) is 31.0 Å². The van der Waals surface area contributed by atoms with E-state index >= 15 is 0 Å². The Kier molecular flexibility index (Phi) is 4.01. The van der Waals surface area contributed by atoms with Crippen molar-refractivity contribution >= 4 is 5.91 Å². The molecule has 1 fully saturated rings. The van der Waals surface area contributed by atoms with Gasteiger partial charge < -0.3 is 4.90 Å². The summed E-state index contributed by atoms with van der Waals surface area (Å²) in [5.74, 6) is 0.261. The SMILES string of the molecule is Cc1ccn(CCN2CC(C)(c3ccccc3)CCC2=O)n1. The molecule has 1 atom stereocenters. The van der Waals surface area contributed by atoms with E-state index in [9.17, 15) is 4.79 Å². The predicted molar refractivity (Wildman–Crippen MR) is 86.6 cm³/mol. The predicted octanol–water partition coefficient (Wildman–Crippen LogP) is 2.77. The van der Waals surface area contributed by atoms with Crippen molar-refractivity contribution in [3.05, 3.63) is 53.9 Å². The minimum absolute atomic E-state index is 0.0508. The Balaban J connectivity index is 1.69. The Morgan fingerprint density at radius 3 is 2.64 bits per heavy atom. The summed E-state index contributed by atoms with van der Waals surface area (Å²) in [4.78, 5) is 14.2. The minimum atomic E-state index is 0.0508. The summed E-state index contributed by atoms with van der Waals surface area (Å²) in [7, 11) is 0. The minimum Gasteiger partial charge on any atom is -0.340 e. The Hall–Kier alpha value is -2.10. The number of aryl methyl sites for hydroxylation is 1. The van der Waals surface area contributed by atoms with Gasteiger partial charge in [-0.3, -0.25) is 9.48 Å². The van der Waals surface area contributed by atoms with Gasteiger partial charge in [0.05, 0.1) is 12.2 Å². The molecule has 4 heteroatoms. The second-order valence-electron chi connectivity index (χ2n) is 6.46. The van der Waals surface area contributed by atoms with Gasteiger partial charge in [-0.1, -0.05) is 37.3 Å². The Morgan fingerprint density at radius 1 is 1.18 bits per heavy atom. The molecule has 0 N–H and O–H groups in total. The molecule has 1 aromatic heterocycles. The molecule has 116 valence electrons. The summed E-state index contributed by atoms with van der Waals surface area (Å²) in [6, 6.07) is 12.5. The fraction of sp³-hybridized carbons (Fsp3) is 0.444. The topological polar surface area (TPSA) is 38.1 Å². The summed E-state index contributed by atoms with van der Waals surface area (Å²) < 4.78 is 1.91. The standard InChI is InChI=1S/C18H23N3O/c1-15-9-11-21(19-15)13-12-20-14-18(2,10-8-17(20)22)16-6-4-3-5-7-16/h3-7,9,11H,8,10,12-14H2,1-2H3. The van der Waals surface area contributed by atoms with E-state index in [0.717, 1.165) is 31.7 Å². The van der Waals surface area contributed by atoms with E-state index in [1.54, 1.807) is 0 Å². The molecule has 0 aliphatic carbocycles. The van der Waals surface area contributed by atoms with Crippen molar-refractivity contribution < 1.29 is 4.79 Å². The van der Waals surface area contributed by atoms with Gasteiger partial charge in [-0.15, -0.1) is 0 Å². The maximum Gasteiger partial charge on any atom is 0.222 e. The number of hydrogen-bond donors (Lipinski definition) is 0. The molecule has 0 saturated carbocycles. The first-order valence-electron chi connectivity index (χ1n) is 7.90. The van der Waals surface area contributed by atoms with Gasteiger partial charge in [0, 0.05) is 31.1 Å². The highest BCUT2D eigenvalue weighted by molar-refractivity contribution is 5.77. The van der Waals surface area contributed by atoms with Crippen molar-refractivity contribution in [2.45, 2.75) is 38.6 Å². The van der Waals surface area contributed by atoms with Crippen LogP contribution in [0, 0.1) is 6.92 Å². The van der Waals surface area contributed by atoms with Gasteiger partial charge >= 0.3 is 0 Å². The maximum absolute atomic E-state index is 12.2. The van der Waals surface area contributed by atoms with Crippen molar-refractivity contribution in [2.24, 2.45) is 0 Å². The molecular formula is C18H23N3O. The van der Waals surface area contributed by atoms with Crippen molar-refractivity contribution in [1.29, 1.82) is 0 Å². The van der Waals surface area contributed by atoms with E-state index in [1.165, 1.54) is 5.56 Å². The van der Waals surface area contributed by atoms with Gasteiger partial charge in [-0.2, -0.15) is 5.10 Å². The third-order valence-corrected chi connectivity index (χ3v) is 4.63. The number of nitrogens with zero attached hydrogens (tertiary/aromatic N) is 3. The number of carbonyl (C=O) groups is 1. The molecule has 1 saturated heterocycles. The number of hydrogen-bond acceptors (Lipinski definition) is 2.